The molecule has 1 fully saturated rings. The van der Waals surface area contributed by atoms with E-state index in [1.807, 2.05) is 0 Å². The number of rotatable bonds is 2. The van der Waals surface area contributed by atoms with Crippen LogP contribution >= 0.6 is 15.9 Å². The van der Waals surface area contributed by atoms with Gasteiger partial charge in [0.2, 0.25) is 0 Å². The lowest BCUT2D eigenvalue weighted by molar-refractivity contribution is 0.175. The van der Waals surface area contributed by atoms with E-state index in [1.165, 1.54) is 6.07 Å². The number of halogens is 2. The van der Waals surface area contributed by atoms with Crippen LogP contribution in [0, 0.1) is 5.82 Å². The van der Waals surface area contributed by atoms with Crippen molar-refractivity contribution in [3.63, 3.8) is 0 Å². The van der Waals surface area contributed by atoms with Crippen molar-refractivity contribution >= 4 is 15.9 Å². The van der Waals surface area contributed by atoms with Gasteiger partial charge in [-0.3, -0.25) is 4.90 Å². The first kappa shape index (κ1) is 11.0. The molecule has 0 aliphatic carbocycles. The van der Waals surface area contributed by atoms with Crippen LogP contribution in [-0.2, 0) is 6.54 Å². The van der Waals surface area contributed by atoms with Gasteiger partial charge in [-0.25, -0.2) is 4.39 Å². The number of aliphatic hydroxyl groups excluding tert-OH is 1. The van der Waals surface area contributed by atoms with E-state index >= 15 is 0 Å². The maximum Gasteiger partial charge on any atom is 0.137 e. The van der Waals surface area contributed by atoms with E-state index in [0.29, 0.717) is 4.47 Å². The van der Waals surface area contributed by atoms with Crippen LogP contribution in [0.1, 0.15) is 12.0 Å². The second kappa shape index (κ2) is 4.60. The molecule has 1 aliphatic rings. The van der Waals surface area contributed by atoms with E-state index in [-0.39, 0.29) is 11.9 Å². The van der Waals surface area contributed by atoms with Gasteiger partial charge < -0.3 is 5.11 Å². The van der Waals surface area contributed by atoms with Crippen molar-refractivity contribution in [2.45, 2.75) is 19.1 Å². The zero-order valence-electron chi connectivity index (χ0n) is 8.29. The summed E-state index contributed by atoms with van der Waals surface area (Å²) in [5.74, 6) is -0.236. The zero-order chi connectivity index (χ0) is 10.8. The number of hydrogen-bond donors (Lipinski definition) is 1. The third-order valence-corrected chi connectivity index (χ3v) is 3.25. The number of benzene rings is 1. The quantitative estimate of drug-likeness (QED) is 0.893. The van der Waals surface area contributed by atoms with Crippen LogP contribution in [0.2, 0.25) is 0 Å². The molecule has 0 saturated carbocycles. The Morgan fingerprint density at radius 2 is 2.33 bits per heavy atom. The normalized spacial score (nSPS) is 22.2. The van der Waals surface area contributed by atoms with Crippen LogP contribution in [0.4, 0.5) is 4.39 Å². The Balaban J connectivity index is 2.02. The fourth-order valence-electron chi connectivity index (χ4n) is 1.85. The lowest BCUT2D eigenvalue weighted by Crippen LogP contribution is -2.21. The summed E-state index contributed by atoms with van der Waals surface area (Å²) in [5.41, 5.74) is 1.07. The van der Waals surface area contributed by atoms with Crippen LogP contribution in [0.3, 0.4) is 0 Å². The molecule has 1 heterocycles. The number of nitrogens with zero attached hydrogens (tertiary/aromatic N) is 1. The molecule has 82 valence electrons. The van der Waals surface area contributed by atoms with Gasteiger partial charge in [0.25, 0.3) is 0 Å². The van der Waals surface area contributed by atoms with E-state index in [2.05, 4.69) is 20.8 Å². The molecule has 1 aliphatic heterocycles. The molecule has 15 heavy (non-hydrogen) atoms. The van der Waals surface area contributed by atoms with E-state index < -0.39 is 0 Å². The summed E-state index contributed by atoms with van der Waals surface area (Å²) in [6.45, 7) is 2.40. The third-order valence-electron chi connectivity index (χ3n) is 2.64. The summed E-state index contributed by atoms with van der Waals surface area (Å²) in [7, 11) is 0. The molecule has 0 spiro atoms. The largest absolute Gasteiger partial charge is 0.392 e. The highest BCUT2D eigenvalue weighted by Crippen LogP contribution is 2.19. The first-order chi connectivity index (χ1) is 7.15. The number of β-amino-alcohol motifs (C(OH)–C–C–N with tert-alkyl or cyclic N) is 1. The summed E-state index contributed by atoms with van der Waals surface area (Å²) in [6.07, 6.45) is 0.636. The smallest absolute Gasteiger partial charge is 0.137 e. The van der Waals surface area contributed by atoms with Gasteiger partial charge >= 0.3 is 0 Å². The van der Waals surface area contributed by atoms with Crippen LogP contribution in [0.5, 0.6) is 0 Å². The molecule has 4 heteroatoms. The highest BCUT2D eigenvalue weighted by atomic mass is 79.9. The molecule has 0 amide bonds. The fraction of sp³-hybridized carbons (Fsp3) is 0.455. The second-order valence-electron chi connectivity index (χ2n) is 3.93. The van der Waals surface area contributed by atoms with Gasteiger partial charge in [0.05, 0.1) is 10.6 Å². The Morgan fingerprint density at radius 1 is 1.53 bits per heavy atom. The molecule has 1 saturated heterocycles. The molecule has 2 nitrogen and oxygen atoms in total. The minimum absolute atomic E-state index is 0.200. The molecular formula is C11H13BrFNO. The van der Waals surface area contributed by atoms with E-state index in [4.69, 9.17) is 0 Å². The molecule has 0 bridgehead atoms. The monoisotopic (exact) mass is 273 g/mol. The van der Waals surface area contributed by atoms with Crippen molar-refractivity contribution in [1.82, 2.24) is 4.90 Å². The van der Waals surface area contributed by atoms with Crippen LogP contribution in [0.25, 0.3) is 0 Å². The van der Waals surface area contributed by atoms with Gasteiger partial charge in [0, 0.05) is 19.6 Å². The Morgan fingerprint density at radius 3 is 2.93 bits per heavy atom. The molecule has 2 rings (SSSR count). The molecule has 1 aromatic rings. The topological polar surface area (TPSA) is 23.5 Å². The van der Waals surface area contributed by atoms with Gasteiger partial charge in [-0.2, -0.15) is 0 Å². The van der Waals surface area contributed by atoms with Crippen LogP contribution in [-0.4, -0.2) is 29.2 Å². The predicted octanol–water partition coefficient (Wildman–Crippen LogP) is 2.15. The molecule has 1 atom stereocenters. The van der Waals surface area contributed by atoms with Crippen molar-refractivity contribution in [2.24, 2.45) is 0 Å². The van der Waals surface area contributed by atoms with Gasteiger partial charge in [-0.1, -0.05) is 6.07 Å². The lowest BCUT2D eigenvalue weighted by atomic mass is 10.2. The summed E-state index contributed by atoms with van der Waals surface area (Å²) >= 11 is 3.16. The van der Waals surface area contributed by atoms with Crippen molar-refractivity contribution in [3.8, 4) is 0 Å². The van der Waals surface area contributed by atoms with Crippen LogP contribution < -0.4 is 0 Å². The van der Waals surface area contributed by atoms with Gasteiger partial charge in [-0.15, -0.1) is 0 Å². The molecule has 0 radical (unpaired) electrons. The Hall–Kier alpha value is -0.450. The minimum atomic E-state index is -0.236. The molecule has 0 unspecified atom stereocenters. The van der Waals surface area contributed by atoms with Crippen molar-refractivity contribution in [3.05, 3.63) is 34.1 Å². The first-order valence-corrected chi connectivity index (χ1v) is 5.79. The molecule has 1 aromatic carbocycles. The third kappa shape index (κ3) is 2.77. The van der Waals surface area contributed by atoms with Gasteiger partial charge in [0.1, 0.15) is 5.82 Å². The maximum absolute atomic E-state index is 13.0. The zero-order valence-corrected chi connectivity index (χ0v) is 9.87. The predicted molar refractivity (Wildman–Crippen MR) is 60.0 cm³/mol. The van der Waals surface area contributed by atoms with Crippen LogP contribution in [0.15, 0.2) is 22.7 Å². The minimum Gasteiger partial charge on any atom is -0.392 e. The van der Waals surface area contributed by atoms with Crippen molar-refractivity contribution in [2.75, 3.05) is 13.1 Å². The SMILES string of the molecule is O[C@@H]1CCN(Cc2ccc(F)c(Br)c2)C1. The number of likely N-dealkylation sites (tertiary alicyclic amines) is 1. The number of aliphatic hydroxyl groups is 1. The average molecular weight is 274 g/mol. The fourth-order valence-corrected chi connectivity index (χ4v) is 2.28. The summed E-state index contributed by atoms with van der Waals surface area (Å²) in [6, 6.07) is 5.04. The Kier molecular flexibility index (Phi) is 3.38. The van der Waals surface area contributed by atoms with Gasteiger partial charge in [0.15, 0.2) is 0 Å². The maximum atomic E-state index is 13.0. The highest BCUT2D eigenvalue weighted by Gasteiger charge is 2.19. The van der Waals surface area contributed by atoms with Gasteiger partial charge in [-0.05, 0) is 40.0 Å². The van der Waals surface area contributed by atoms with Crippen molar-refractivity contribution in [1.29, 1.82) is 0 Å². The Bertz CT molecular complexity index is 358. The van der Waals surface area contributed by atoms with Crippen molar-refractivity contribution < 1.29 is 9.50 Å². The summed E-state index contributed by atoms with van der Waals surface area (Å²) in [4.78, 5) is 2.17. The van der Waals surface area contributed by atoms with E-state index in [0.717, 1.165) is 31.6 Å². The van der Waals surface area contributed by atoms with E-state index in [1.54, 1.807) is 12.1 Å². The Labute approximate surface area is 96.8 Å². The first-order valence-electron chi connectivity index (χ1n) is 4.99. The summed E-state index contributed by atoms with van der Waals surface area (Å²) < 4.78 is 13.5. The van der Waals surface area contributed by atoms with E-state index in [9.17, 15) is 9.50 Å². The highest BCUT2D eigenvalue weighted by molar-refractivity contribution is 9.10. The lowest BCUT2D eigenvalue weighted by Gasteiger charge is -2.14. The number of hydrogen-bond acceptors (Lipinski definition) is 2. The standard InChI is InChI=1S/C11H13BrFNO/c12-10-5-8(1-2-11(10)13)6-14-4-3-9(15)7-14/h1-2,5,9,15H,3-4,6-7H2/t9-/m1/s1. The summed E-state index contributed by atoms with van der Waals surface area (Å²) in [5, 5.41) is 9.37. The average Bonchev–Trinajstić information content (AvgIpc) is 2.58. The molecule has 1 N–H and O–H groups in total. The molecule has 0 aromatic heterocycles. The molecular weight excluding hydrogens is 261 g/mol. The second-order valence-corrected chi connectivity index (χ2v) is 4.78.